The number of azo groups is 1. The highest BCUT2D eigenvalue weighted by atomic mass is 35.5. The van der Waals surface area contributed by atoms with Crippen molar-refractivity contribution < 1.29 is 0 Å². The van der Waals surface area contributed by atoms with Crippen molar-refractivity contribution in [2.45, 2.75) is 0 Å². The number of para-hydroxylation sites is 2. The van der Waals surface area contributed by atoms with Gasteiger partial charge >= 0.3 is 0 Å². The van der Waals surface area contributed by atoms with Crippen LogP contribution in [0.4, 0.5) is 11.4 Å². The Morgan fingerprint density at radius 1 is 0.852 bits per heavy atom. The maximum Gasteiger partial charge on any atom is 0.203 e. The van der Waals surface area contributed by atoms with Gasteiger partial charge in [-0.15, -0.1) is 10.2 Å². The Morgan fingerprint density at radius 3 is 2.44 bits per heavy atom. The lowest BCUT2D eigenvalue weighted by Gasteiger charge is -2.03. The summed E-state index contributed by atoms with van der Waals surface area (Å²) in [6.45, 7) is 0. The topological polar surface area (TPSA) is 64.9 Å². The lowest BCUT2D eigenvalue weighted by atomic mass is 10.1. The molecular formula is C21H16ClN5. The van der Waals surface area contributed by atoms with Gasteiger partial charge in [0.2, 0.25) is 5.84 Å². The second kappa shape index (κ2) is 7.85. The highest BCUT2D eigenvalue weighted by molar-refractivity contribution is 6.32. The predicted molar refractivity (Wildman–Crippen MR) is 111 cm³/mol. The second-order valence-electron chi connectivity index (χ2n) is 5.81. The van der Waals surface area contributed by atoms with Crippen LogP contribution in [0.1, 0.15) is 5.56 Å². The van der Waals surface area contributed by atoms with Crippen molar-refractivity contribution >= 4 is 39.7 Å². The number of amidine groups is 1. The molecule has 2 N–H and O–H groups in total. The lowest BCUT2D eigenvalue weighted by Crippen LogP contribution is -2.00. The van der Waals surface area contributed by atoms with Crippen molar-refractivity contribution in [2.75, 3.05) is 5.43 Å². The number of aromatic amines is 1. The number of hydrogen-bond donors (Lipinski definition) is 2. The van der Waals surface area contributed by atoms with Gasteiger partial charge in [0, 0.05) is 22.7 Å². The molecule has 0 saturated heterocycles. The molecule has 0 bridgehead atoms. The molecule has 4 rings (SSSR count). The molecule has 0 amide bonds. The summed E-state index contributed by atoms with van der Waals surface area (Å²) in [5.74, 6) is 0.455. The van der Waals surface area contributed by atoms with Crippen LogP contribution in [0.15, 0.2) is 100 Å². The Morgan fingerprint density at radius 2 is 1.59 bits per heavy atom. The Balaban J connectivity index is 1.74. The number of halogens is 1. The summed E-state index contributed by atoms with van der Waals surface area (Å²) in [5, 5.41) is 14.7. The molecule has 0 unspecified atom stereocenters. The van der Waals surface area contributed by atoms with E-state index in [1.54, 1.807) is 6.07 Å². The molecule has 3 aromatic carbocycles. The van der Waals surface area contributed by atoms with Gasteiger partial charge in [-0.25, -0.2) is 0 Å². The minimum absolute atomic E-state index is 0.455. The molecule has 0 aliphatic heterocycles. The second-order valence-corrected chi connectivity index (χ2v) is 6.22. The molecule has 0 radical (unpaired) electrons. The summed E-state index contributed by atoms with van der Waals surface area (Å²) < 4.78 is 0. The quantitative estimate of drug-likeness (QED) is 0.185. The van der Waals surface area contributed by atoms with Crippen LogP contribution in [0.2, 0.25) is 5.02 Å². The Labute approximate surface area is 161 Å². The first-order chi connectivity index (χ1) is 13.3. The van der Waals surface area contributed by atoms with Crippen LogP contribution in [0.3, 0.4) is 0 Å². The first-order valence-electron chi connectivity index (χ1n) is 8.43. The molecule has 4 aromatic rings. The Hall–Kier alpha value is -3.44. The number of hydrogen-bond acceptors (Lipinski definition) is 3. The maximum atomic E-state index is 6.19. The number of nitrogens with zero attached hydrogens (tertiary/aromatic N) is 3. The molecule has 5 nitrogen and oxygen atoms in total. The van der Waals surface area contributed by atoms with Gasteiger partial charge in [0.1, 0.15) is 5.69 Å². The summed E-state index contributed by atoms with van der Waals surface area (Å²) in [6.07, 6.45) is 1.88. The van der Waals surface area contributed by atoms with Gasteiger partial charge < -0.3 is 4.98 Å². The van der Waals surface area contributed by atoms with Crippen molar-refractivity contribution in [3.63, 3.8) is 0 Å². The summed E-state index contributed by atoms with van der Waals surface area (Å²) in [4.78, 5) is 3.24. The molecular weight excluding hydrogens is 358 g/mol. The molecule has 0 aliphatic rings. The minimum atomic E-state index is 0.455. The van der Waals surface area contributed by atoms with E-state index in [2.05, 4.69) is 25.7 Å². The monoisotopic (exact) mass is 373 g/mol. The third kappa shape index (κ3) is 3.88. The van der Waals surface area contributed by atoms with Crippen LogP contribution in [-0.4, -0.2) is 10.8 Å². The van der Waals surface area contributed by atoms with Gasteiger partial charge in [-0.1, -0.05) is 60.1 Å². The summed E-state index contributed by atoms with van der Waals surface area (Å²) in [6, 6.07) is 25.0. The highest BCUT2D eigenvalue weighted by Gasteiger charge is 2.10. The van der Waals surface area contributed by atoms with Gasteiger partial charge in [-0.3, -0.25) is 5.43 Å². The zero-order valence-corrected chi connectivity index (χ0v) is 15.1. The molecule has 1 heterocycles. The third-order valence-electron chi connectivity index (χ3n) is 4.00. The van der Waals surface area contributed by atoms with Crippen LogP contribution < -0.4 is 5.43 Å². The fourth-order valence-electron chi connectivity index (χ4n) is 2.66. The minimum Gasteiger partial charge on any atom is -0.360 e. The standard InChI is InChI=1S/C21H16ClN5/c22-18-11-5-7-13-20(18)25-27-21(26-24-15-8-2-1-3-9-15)17-14-23-19-12-6-4-10-16(17)19/h1-14,23-24H/b26-21+,27-25?. The molecule has 0 atom stereocenters. The average molecular weight is 374 g/mol. The predicted octanol–water partition coefficient (Wildman–Crippen LogP) is 6.38. The Kier molecular flexibility index (Phi) is 4.94. The van der Waals surface area contributed by atoms with Crippen LogP contribution in [0, 0.1) is 0 Å². The van der Waals surface area contributed by atoms with E-state index in [-0.39, 0.29) is 0 Å². The number of fused-ring (bicyclic) bond motifs is 1. The van der Waals surface area contributed by atoms with Crippen LogP contribution in [0.5, 0.6) is 0 Å². The average Bonchev–Trinajstić information content (AvgIpc) is 3.14. The number of benzene rings is 3. The van der Waals surface area contributed by atoms with Crippen molar-refractivity contribution in [3.8, 4) is 0 Å². The SMILES string of the molecule is Clc1ccccc1N=N/C(=N/Nc1ccccc1)c1c[nH]c2ccccc12. The summed E-state index contributed by atoms with van der Waals surface area (Å²) in [7, 11) is 0. The van der Waals surface area contributed by atoms with E-state index in [0.29, 0.717) is 16.5 Å². The van der Waals surface area contributed by atoms with E-state index in [4.69, 9.17) is 11.6 Å². The zero-order valence-electron chi connectivity index (χ0n) is 14.3. The zero-order chi connectivity index (χ0) is 18.5. The Bertz CT molecular complexity index is 1120. The van der Waals surface area contributed by atoms with Crippen molar-refractivity contribution in [1.29, 1.82) is 0 Å². The number of H-pyrrole nitrogens is 1. The van der Waals surface area contributed by atoms with E-state index in [1.807, 2.05) is 79.0 Å². The van der Waals surface area contributed by atoms with Crippen molar-refractivity contribution in [3.05, 3.63) is 95.6 Å². The molecule has 0 saturated carbocycles. The molecule has 1 aromatic heterocycles. The van der Waals surface area contributed by atoms with Crippen LogP contribution in [0.25, 0.3) is 10.9 Å². The fourth-order valence-corrected chi connectivity index (χ4v) is 2.83. The van der Waals surface area contributed by atoms with Crippen molar-refractivity contribution in [1.82, 2.24) is 4.98 Å². The van der Waals surface area contributed by atoms with Crippen molar-refractivity contribution in [2.24, 2.45) is 15.3 Å². The molecule has 0 aliphatic carbocycles. The number of nitrogens with one attached hydrogen (secondary N) is 2. The molecule has 0 spiro atoms. The lowest BCUT2D eigenvalue weighted by molar-refractivity contribution is 1.22. The first-order valence-corrected chi connectivity index (χ1v) is 8.80. The smallest absolute Gasteiger partial charge is 0.203 e. The number of anilines is 1. The summed E-state index contributed by atoms with van der Waals surface area (Å²) >= 11 is 6.19. The van der Waals surface area contributed by atoms with Gasteiger partial charge in [-0.2, -0.15) is 5.10 Å². The number of aromatic nitrogens is 1. The number of rotatable bonds is 4. The third-order valence-corrected chi connectivity index (χ3v) is 4.32. The molecule has 6 heteroatoms. The number of hydrazone groups is 1. The van der Waals surface area contributed by atoms with E-state index >= 15 is 0 Å². The highest BCUT2D eigenvalue weighted by Crippen LogP contribution is 2.25. The van der Waals surface area contributed by atoms with E-state index in [0.717, 1.165) is 22.2 Å². The molecule has 132 valence electrons. The largest absolute Gasteiger partial charge is 0.360 e. The van der Waals surface area contributed by atoms with Gasteiger partial charge in [-0.05, 0) is 30.3 Å². The molecule has 0 fully saturated rings. The van der Waals surface area contributed by atoms with E-state index in [9.17, 15) is 0 Å². The molecule has 27 heavy (non-hydrogen) atoms. The van der Waals surface area contributed by atoms with Crippen LogP contribution in [-0.2, 0) is 0 Å². The maximum absolute atomic E-state index is 6.19. The van der Waals surface area contributed by atoms with E-state index < -0.39 is 0 Å². The van der Waals surface area contributed by atoms with Gasteiger partial charge in [0.15, 0.2) is 0 Å². The fraction of sp³-hybridized carbons (Fsp3) is 0. The summed E-state index contributed by atoms with van der Waals surface area (Å²) in [5.41, 5.74) is 6.35. The van der Waals surface area contributed by atoms with Crippen LogP contribution >= 0.6 is 11.6 Å². The van der Waals surface area contributed by atoms with Gasteiger partial charge in [0.25, 0.3) is 0 Å². The first kappa shape index (κ1) is 17.0. The van der Waals surface area contributed by atoms with Gasteiger partial charge in [0.05, 0.1) is 10.7 Å². The van der Waals surface area contributed by atoms with E-state index in [1.165, 1.54) is 0 Å². The normalized spacial score (nSPS) is 12.0.